The summed E-state index contributed by atoms with van der Waals surface area (Å²) in [5.74, 6) is 0.996. The Kier molecular flexibility index (Phi) is 4.80. The van der Waals surface area contributed by atoms with Crippen LogP contribution in [0, 0.1) is 3.57 Å². The molecule has 0 aliphatic rings. The van der Waals surface area contributed by atoms with E-state index in [1.165, 1.54) is 0 Å². The van der Waals surface area contributed by atoms with Crippen molar-refractivity contribution in [2.75, 3.05) is 0 Å². The summed E-state index contributed by atoms with van der Waals surface area (Å²) in [6.07, 6.45) is 4.67. The second kappa shape index (κ2) is 6.16. The topological polar surface area (TPSA) is 38.0 Å². The minimum absolute atomic E-state index is 0.467. The maximum Gasteiger partial charge on any atom is 0.108 e. The molecule has 0 fully saturated rings. The van der Waals surface area contributed by atoms with Crippen LogP contribution in [0.1, 0.15) is 23.9 Å². The predicted octanol–water partition coefficient (Wildman–Crippen LogP) is 3.45. The SMILES string of the molecule is Cn1ccnc1CCC(O)c1cc(I)ccc1Br. The van der Waals surface area contributed by atoms with Gasteiger partial charge in [0.15, 0.2) is 0 Å². The zero-order valence-electron chi connectivity index (χ0n) is 9.98. The van der Waals surface area contributed by atoms with Crippen LogP contribution in [-0.4, -0.2) is 14.7 Å². The van der Waals surface area contributed by atoms with Crippen molar-refractivity contribution in [1.29, 1.82) is 0 Å². The average Bonchev–Trinajstić information content (AvgIpc) is 2.75. The van der Waals surface area contributed by atoms with Gasteiger partial charge in [0.2, 0.25) is 0 Å². The molecule has 1 N–H and O–H groups in total. The van der Waals surface area contributed by atoms with E-state index in [9.17, 15) is 5.11 Å². The summed E-state index contributed by atoms with van der Waals surface area (Å²) >= 11 is 5.73. The summed E-state index contributed by atoms with van der Waals surface area (Å²) in [6.45, 7) is 0. The number of rotatable bonds is 4. The molecule has 1 unspecified atom stereocenters. The van der Waals surface area contributed by atoms with Crippen LogP contribution in [0.15, 0.2) is 35.1 Å². The van der Waals surface area contributed by atoms with Gasteiger partial charge >= 0.3 is 0 Å². The summed E-state index contributed by atoms with van der Waals surface area (Å²) < 4.78 is 4.06. The third-order valence-electron chi connectivity index (χ3n) is 2.88. The molecule has 0 aliphatic carbocycles. The Balaban J connectivity index is 2.06. The molecule has 0 spiro atoms. The zero-order valence-corrected chi connectivity index (χ0v) is 13.7. The molecule has 0 saturated heterocycles. The lowest BCUT2D eigenvalue weighted by Crippen LogP contribution is -2.04. The number of aromatic nitrogens is 2. The Hall–Kier alpha value is -0.400. The number of aliphatic hydroxyl groups excluding tert-OH is 1. The largest absolute Gasteiger partial charge is 0.388 e. The highest BCUT2D eigenvalue weighted by Crippen LogP contribution is 2.28. The van der Waals surface area contributed by atoms with Crippen LogP contribution >= 0.6 is 38.5 Å². The number of halogens is 2. The average molecular weight is 421 g/mol. The van der Waals surface area contributed by atoms with Crippen LogP contribution in [0.3, 0.4) is 0 Å². The highest BCUT2D eigenvalue weighted by atomic mass is 127. The Morgan fingerprint density at radius 1 is 1.50 bits per heavy atom. The predicted molar refractivity (Wildman–Crippen MR) is 83.3 cm³/mol. The van der Waals surface area contributed by atoms with E-state index in [0.717, 1.165) is 25.9 Å². The van der Waals surface area contributed by atoms with E-state index in [4.69, 9.17) is 0 Å². The summed E-state index contributed by atoms with van der Waals surface area (Å²) in [6, 6.07) is 5.99. The normalized spacial score (nSPS) is 12.7. The lowest BCUT2D eigenvalue weighted by molar-refractivity contribution is 0.166. The summed E-state index contributed by atoms with van der Waals surface area (Å²) in [7, 11) is 1.97. The highest BCUT2D eigenvalue weighted by Gasteiger charge is 2.13. The van der Waals surface area contributed by atoms with Gasteiger partial charge in [-0.3, -0.25) is 0 Å². The summed E-state index contributed by atoms with van der Waals surface area (Å²) in [4.78, 5) is 4.26. The van der Waals surface area contributed by atoms with Crippen LogP contribution in [0.2, 0.25) is 0 Å². The molecule has 0 bridgehead atoms. The molecule has 0 amide bonds. The van der Waals surface area contributed by atoms with E-state index >= 15 is 0 Å². The van der Waals surface area contributed by atoms with Crippen molar-refractivity contribution in [3.8, 4) is 0 Å². The Morgan fingerprint density at radius 3 is 2.94 bits per heavy atom. The molecule has 3 nitrogen and oxygen atoms in total. The molecule has 1 aromatic carbocycles. The maximum absolute atomic E-state index is 10.2. The molecule has 1 aromatic heterocycles. The van der Waals surface area contributed by atoms with Crippen molar-refractivity contribution in [2.45, 2.75) is 18.9 Å². The van der Waals surface area contributed by atoms with Crippen molar-refractivity contribution < 1.29 is 5.11 Å². The first-order chi connectivity index (χ1) is 8.58. The molecular formula is C13H14BrIN2O. The number of imidazole rings is 1. The number of benzene rings is 1. The van der Waals surface area contributed by atoms with Crippen molar-refractivity contribution in [2.24, 2.45) is 7.05 Å². The monoisotopic (exact) mass is 420 g/mol. The van der Waals surface area contributed by atoms with Gasteiger partial charge in [-0.2, -0.15) is 0 Å². The fourth-order valence-corrected chi connectivity index (χ4v) is 2.85. The second-order valence-electron chi connectivity index (χ2n) is 4.17. The van der Waals surface area contributed by atoms with Crippen LogP contribution in [0.5, 0.6) is 0 Å². The molecule has 2 aromatic rings. The first-order valence-electron chi connectivity index (χ1n) is 5.67. The van der Waals surface area contributed by atoms with E-state index in [1.54, 1.807) is 6.20 Å². The van der Waals surface area contributed by atoms with Gasteiger partial charge in [0, 0.05) is 33.9 Å². The van der Waals surface area contributed by atoms with E-state index in [-0.39, 0.29) is 0 Å². The molecule has 0 radical (unpaired) electrons. The Bertz CT molecular complexity index is 542. The van der Waals surface area contributed by atoms with Crippen LogP contribution in [0.25, 0.3) is 0 Å². The molecule has 0 aliphatic heterocycles. The number of nitrogens with zero attached hydrogens (tertiary/aromatic N) is 2. The number of hydrogen-bond donors (Lipinski definition) is 1. The second-order valence-corrected chi connectivity index (χ2v) is 6.27. The molecule has 18 heavy (non-hydrogen) atoms. The molecule has 1 atom stereocenters. The lowest BCUT2D eigenvalue weighted by Gasteiger charge is -2.13. The van der Waals surface area contributed by atoms with Crippen LogP contribution < -0.4 is 0 Å². The standard InChI is InChI=1S/C13H14BrIN2O/c1-17-7-6-16-13(17)5-4-12(18)10-8-9(15)2-3-11(10)14/h2-3,6-8,12,18H,4-5H2,1H3. The smallest absolute Gasteiger partial charge is 0.108 e. The van der Waals surface area contributed by atoms with E-state index in [1.807, 2.05) is 36.0 Å². The molecule has 1 heterocycles. The van der Waals surface area contributed by atoms with Gasteiger partial charge in [-0.15, -0.1) is 0 Å². The zero-order chi connectivity index (χ0) is 13.1. The molecule has 5 heteroatoms. The van der Waals surface area contributed by atoms with Crippen LogP contribution in [-0.2, 0) is 13.5 Å². The van der Waals surface area contributed by atoms with Gasteiger partial charge in [-0.05, 0) is 52.8 Å². The summed E-state index contributed by atoms with van der Waals surface area (Å²) in [5.41, 5.74) is 0.941. The lowest BCUT2D eigenvalue weighted by atomic mass is 10.0. The summed E-state index contributed by atoms with van der Waals surface area (Å²) in [5, 5.41) is 10.2. The van der Waals surface area contributed by atoms with Gasteiger partial charge in [0.25, 0.3) is 0 Å². The first kappa shape index (κ1) is 14.0. The Morgan fingerprint density at radius 2 is 2.28 bits per heavy atom. The van der Waals surface area contributed by atoms with Gasteiger partial charge in [-0.1, -0.05) is 15.9 Å². The van der Waals surface area contributed by atoms with Gasteiger partial charge in [0.05, 0.1) is 6.10 Å². The maximum atomic E-state index is 10.2. The highest BCUT2D eigenvalue weighted by molar-refractivity contribution is 14.1. The van der Waals surface area contributed by atoms with Crippen LogP contribution in [0.4, 0.5) is 0 Å². The number of aryl methyl sites for hydroxylation is 2. The van der Waals surface area contributed by atoms with Gasteiger partial charge < -0.3 is 9.67 Å². The minimum atomic E-state index is -0.467. The molecule has 0 saturated carbocycles. The minimum Gasteiger partial charge on any atom is -0.388 e. The van der Waals surface area contributed by atoms with E-state index in [2.05, 4.69) is 43.5 Å². The Labute approximate surface area is 129 Å². The molecule has 96 valence electrons. The number of hydrogen-bond acceptors (Lipinski definition) is 2. The van der Waals surface area contributed by atoms with E-state index < -0.39 is 6.10 Å². The van der Waals surface area contributed by atoms with Crippen molar-refractivity contribution in [3.05, 3.63) is 50.0 Å². The fourth-order valence-electron chi connectivity index (χ4n) is 1.83. The quantitative estimate of drug-likeness (QED) is 0.769. The van der Waals surface area contributed by atoms with Crippen molar-refractivity contribution in [1.82, 2.24) is 9.55 Å². The third kappa shape index (κ3) is 3.33. The third-order valence-corrected chi connectivity index (χ3v) is 4.27. The van der Waals surface area contributed by atoms with Gasteiger partial charge in [-0.25, -0.2) is 4.98 Å². The molecule has 2 rings (SSSR count). The van der Waals surface area contributed by atoms with E-state index in [0.29, 0.717) is 6.42 Å². The van der Waals surface area contributed by atoms with Crippen molar-refractivity contribution >= 4 is 38.5 Å². The molecular weight excluding hydrogens is 407 g/mol. The fraction of sp³-hybridized carbons (Fsp3) is 0.308. The number of aliphatic hydroxyl groups is 1. The van der Waals surface area contributed by atoms with Crippen molar-refractivity contribution in [3.63, 3.8) is 0 Å². The van der Waals surface area contributed by atoms with Gasteiger partial charge in [0.1, 0.15) is 5.82 Å². The first-order valence-corrected chi connectivity index (χ1v) is 7.54.